The van der Waals surface area contributed by atoms with Crippen molar-refractivity contribution in [2.75, 3.05) is 13.1 Å². The van der Waals surface area contributed by atoms with Gasteiger partial charge in [-0.25, -0.2) is 0 Å². The van der Waals surface area contributed by atoms with Gasteiger partial charge >= 0.3 is 0 Å². The monoisotopic (exact) mass is 366 g/mol. The Morgan fingerprint density at radius 2 is 1.85 bits per heavy atom. The quantitative estimate of drug-likeness (QED) is 0.691. The van der Waals surface area contributed by atoms with Crippen LogP contribution in [-0.4, -0.2) is 33.8 Å². The molecule has 2 aromatic heterocycles. The second kappa shape index (κ2) is 8.62. The molecule has 1 fully saturated rings. The minimum absolute atomic E-state index is 0.618. The lowest BCUT2D eigenvalue weighted by molar-refractivity contribution is 0.191. The predicted molar refractivity (Wildman–Crippen MR) is 107 cm³/mol. The lowest BCUT2D eigenvalue weighted by Gasteiger charge is -2.32. The van der Waals surface area contributed by atoms with E-state index in [1.165, 1.54) is 41.9 Å². The number of rotatable bonds is 7. The van der Waals surface area contributed by atoms with Crippen LogP contribution < -0.4 is 5.32 Å². The Hall–Kier alpha value is -1.95. The number of nitrogens with zero attached hydrogens (tertiary/aromatic N) is 3. The van der Waals surface area contributed by atoms with Gasteiger partial charge in [-0.2, -0.15) is 5.10 Å². The fourth-order valence-corrected chi connectivity index (χ4v) is 4.37. The van der Waals surface area contributed by atoms with E-state index < -0.39 is 0 Å². The van der Waals surface area contributed by atoms with E-state index in [2.05, 4.69) is 57.1 Å². The molecule has 1 N–H and O–H groups in total. The molecule has 26 heavy (non-hydrogen) atoms. The predicted octanol–water partition coefficient (Wildman–Crippen LogP) is 3.75. The van der Waals surface area contributed by atoms with E-state index in [0.717, 1.165) is 19.6 Å². The van der Waals surface area contributed by atoms with Crippen LogP contribution in [0.15, 0.2) is 60.2 Å². The number of nitrogens with one attached hydrogen (secondary N) is 1. The van der Waals surface area contributed by atoms with Gasteiger partial charge in [-0.3, -0.25) is 9.58 Å². The first-order valence-electron chi connectivity index (χ1n) is 9.39. The summed E-state index contributed by atoms with van der Waals surface area (Å²) in [6, 6.07) is 15.7. The molecule has 0 spiro atoms. The maximum Gasteiger partial charge on any atom is 0.0662 e. The van der Waals surface area contributed by atoms with E-state index in [4.69, 9.17) is 0 Å². The Labute approximate surface area is 159 Å². The van der Waals surface area contributed by atoms with Gasteiger partial charge < -0.3 is 5.32 Å². The highest BCUT2D eigenvalue weighted by molar-refractivity contribution is 7.09. The minimum Gasteiger partial charge on any atom is -0.310 e. The van der Waals surface area contributed by atoms with Gasteiger partial charge in [0.1, 0.15) is 0 Å². The zero-order valence-electron chi connectivity index (χ0n) is 15.1. The summed E-state index contributed by atoms with van der Waals surface area (Å²) in [5.41, 5.74) is 2.72. The van der Waals surface area contributed by atoms with Crippen molar-refractivity contribution in [3.63, 3.8) is 0 Å². The zero-order valence-corrected chi connectivity index (χ0v) is 15.9. The van der Waals surface area contributed by atoms with Gasteiger partial charge in [-0.15, -0.1) is 11.3 Å². The molecule has 5 heteroatoms. The van der Waals surface area contributed by atoms with Crippen LogP contribution in [0.4, 0.5) is 0 Å². The van der Waals surface area contributed by atoms with Crippen LogP contribution >= 0.6 is 11.3 Å². The summed E-state index contributed by atoms with van der Waals surface area (Å²) in [5, 5.41) is 10.3. The highest BCUT2D eigenvalue weighted by atomic mass is 32.1. The van der Waals surface area contributed by atoms with Crippen molar-refractivity contribution in [1.82, 2.24) is 20.0 Å². The Kier molecular flexibility index (Phi) is 5.79. The third-order valence-corrected chi connectivity index (χ3v) is 6.00. The third-order valence-electron chi connectivity index (χ3n) is 5.14. The summed E-state index contributed by atoms with van der Waals surface area (Å²) in [7, 11) is 0. The van der Waals surface area contributed by atoms with Gasteiger partial charge in [0, 0.05) is 36.4 Å². The Balaban J connectivity index is 1.27. The number of hydrogen-bond acceptors (Lipinski definition) is 4. The Bertz CT molecular complexity index is 774. The van der Waals surface area contributed by atoms with Gasteiger partial charge in [0.2, 0.25) is 0 Å². The molecule has 3 heterocycles. The summed E-state index contributed by atoms with van der Waals surface area (Å²) < 4.78 is 1.99. The van der Waals surface area contributed by atoms with Crippen molar-refractivity contribution in [2.45, 2.75) is 38.5 Å². The second-order valence-electron chi connectivity index (χ2n) is 6.98. The standard InChI is InChI=1S/C21H26N4S/c1-2-6-19(16-25-11-4-10-23-25)18(5-1)15-22-20-8-12-24(13-9-20)17-21-7-3-14-26-21/h1-7,10-11,14,20,22H,8-9,12-13,15-17H2. The SMILES string of the molecule is c1csc(CN2CCC(NCc3ccccc3Cn3cccn3)CC2)c1. The van der Waals surface area contributed by atoms with E-state index >= 15 is 0 Å². The molecule has 0 saturated carbocycles. The molecule has 4 nitrogen and oxygen atoms in total. The number of benzene rings is 1. The molecule has 4 rings (SSSR count). The van der Waals surface area contributed by atoms with Crippen molar-refractivity contribution >= 4 is 11.3 Å². The molecule has 0 bridgehead atoms. The molecule has 3 aromatic rings. The minimum atomic E-state index is 0.618. The van der Waals surface area contributed by atoms with Gasteiger partial charge in [-0.05, 0) is 54.6 Å². The van der Waals surface area contributed by atoms with Crippen molar-refractivity contribution in [3.05, 3.63) is 76.2 Å². The van der Waals surface area contributed by atoms with Crippen LogP contribution in [-0.2, 0) is 19.6 Å². The highest BCUT2D eigenvalue weighted by Crippen LogP contribution is 2.18. The molecule has 1 saturated heterocycles. The molecule has 1 aliphatic rings. The van der Waals surface area contributed by atoms with E-state index in [-0.39, 0.29) is 0 Å². The molecule has 0 unspecified atom stereocenters. The van der Waals surface area contributed by atoms with Crippen LogP contribution in [0.25, 0.3) is 0 Å². The summed E-state index contributed by atoms with van der Waals surface area (Å²) in [6.45, 7) is 5.25. The van der Waals surface area contributed by atoms with Crippen LogP contribution in [0.3, 0.4) is 0 Å². The van der Waals surface area contributed by atoms with Crippen molar-refractivity contribution in [2.24, 2.45) is 0 Å². The third kappa shape index (κ3) is 4.61. The first kappa shape index (κ1) is 17.5. The first-order valence-corrected chi connectivity index (χ1v) is 10.3. The number of aromatic nitrogens is 2. The molecular formula is C21H26N4S. The molecule has 1 aromatic carbocycles. The number of likely N-dealkylation sites (tertiary alicyclic amines) is 1. The average molecular weight is 367 g/mol. The van der Waals surface area contributed by atoms with Crippen LogP contribution in [0.5, 0.6) is 0 Å². The van der Waals surface area contributed by atoms with E-state index in [9.17, 15) is 0 Å². The van der Waals surface area contributed by atoms with Crippen molar-refractivity contribution in [3.8, 4) is 0 Å². The maximum atomic E-state index is 4.33. The smallest absolute Gasteiger partial charge is 0.0662 e. The van der Waals surface area contributed by atoms with E-state index in [1.54, 1.807) is 0 Å². The van der Waals surface area contributed by atoms with Crippen molar-refractivity contribution < 1.29 is 0 Å². The molecule has 0 atom stereocenters. The van der Waals surface area contributed by atoms with E-state index in [1.807, 2.05) is 34.5 Å². The van der Waals surface area contributed by atoms with Crippen LogP contribution in [0, 0.1) is 0 Å². The summed E-state index contributed by atoms with van der Waals surface area (Å²) in [6.07, 6.45) is 6.32. The zero-order chi connectivity index (χ0) is 17.6. The maximum absolute atomic E-state index is 4.33. The van der Waals surface area contributed by atoms with E-state index in [0.29, 0.717) is 6.04 Å². The fraction of sp³-hybridized carbons (Fsp3) is 0.381. The summed E-state index contributed by atoms with van der Waals surface area (Å²) in [5.74, 6) is 0. The average Bonchev–Trinajstić information content (AvgIpc) is 3.36. The van der Waals surface area contributed by atoms with Gasteiger partial charge in [0.25, 0.3) is 0 Å². The highest BCUT2D eigenvalue weighted by Gasteiger charge is 2.19. The van der Waals surface area contributed by atoms with Gasteiger partial charge in [0.05, 0.1) is 6.54 Å². The second-order valence-corrected chi connectivity index (χ2v) is 8.02. The van der Waals surface area contributed by atoms with Crippen LogP contribution in [0.2, 0.25) is 0 Å². The lowest BCUT2D eigenvalue weighted by Crippen LogP contribution is -2.41. The number of hydrogen-bond donors (Lipinski definition) is 1. The fourth-order valence-electron chi connectivity index (χ4n) is 3.63. The topological polar surface area (TPSA) is 33.1 Å². The van der Waals surface area contributed by atoms with Gasteiger partial charge in [0.15, 0.2) is 0 Å². The number of thiophene rings is 1. The largest absolute Gasteiger partial charge is 0.310 e. The lowest BCUT2D eigenvalue weighted by atomic mass is 10.0. The van der Waals surface area contributed by atoms with Crippen LogP contribution in [0.1, 0.15) is 28.8 Å². The number of piperidine rings is 1. The van der Waals surface area contributed by atoms with Crippen molar-refractivity contribution in [1.29, 1.82) is 0 Å². The summed E-state index contributed by atoms with van der Waals surface area (Å²) in [4.78, 5) is 4.05. The molecule has 136 valence electrons. The normalized spacial score (nSPS) is 16.2. The Morgan fingerprint density at radius 3 is 2.58 bits per heavy atom. The molecule has 0 amide bonds. The molecule has 0 aliphatic carbocycles. The summed E-state index contributed by atoms with van der Waals surface area (Å²) >= 11 is 1.86. The van der Waals surface area contributed by atoms with Gasteiger partial charge in [-0.1, -0.05) is 30.3 Å². The molecule has 0 radical (unpaired) electrons. The molecule has 1 aliphatic heterocycles. The Morgan fingerprint density at radius 1 is 1.00 bits per heavy atom. The first-order chi connectivity index (χ1) is 12.9. The molecular weight excluding hydrogens is 340 g/mol.